The summed E-state index contributed by atoms with van der Waals surface area (Å²) < 4.78 is 105. The van der Waals surface area contributed by atoms with Crippen LogP contribution >= 0.6 is 0 Å². The molecule has 0 aliphatic rings. The molecular weight excluding hydrogens is 799 g/mol. The van der Waals surface area contributed by atoms with Crippen molar-refractivity contribution in [2.75, 3.05) is 5.73 Å². The number of phenols is 2. The third-order valence-electron chi connectivity index (χ3n) is 7.87. The quantitative estimate of drug-likeness (QED) is 0.0396. The summed E-state index contributed by atoms with van der Waals surface area (Å²) in [5, 5.41) is 53.5. The average molecular weight is 822 g/mol. The maximum atomic E-state index is 12.6. The van der Waals surface area contributed by atoms with Gasteiger partial charge in [-0.2, -0.15) is 35.5 Å². The van der Waals surface area contributed by atoms with E-state index in [1.165, 1.54) is 48.5 Å². The van der Waals surface area contributed by atoms with Crippen LogP contribution in [0.4, 0.5) is 39.8 Å². The SMILES string of the molecule is Nc1c(N=Nc2ccccc2C(=O)O)cc(S(=O)(=O)O)c2cc(S(=O)(=O)O)c(N=Nc3ccc4cc(S(=O)(=O)O)c(N=Nc5ccccc5)c(O)c4c3)c(O)c12. The lowest BCUT2D eigenvalue weighted by molar-refractivity contribution is 0.0697. The molecule has 0 bridgehead atoms. The number of rotatable bonds is 10. The van der Waals surface area contributed by atoms with Gasteiger partial charge in [-0.15, -0.1) is 20.5 Å². The maximum absolute atomic E-state index is 12.6. The van der Waals surface area contributed by atoms with E-state index in [0.29, 0.717) is 12.1 Å². The summed E-state index contributed by atoms with van der Waals surface area (Å²) in [7, 11) is -15.6. The van der Waals surface area contributed by atoms with Gasteiger partial charge in [0, 0.05) is 10.8 Å². The van der Waals surface area contributed by atoms with Gasteiger partial charge in [0.05, 0.1) is 28.0 Å². The molecular formula is C33H23N7O13S3. The summed E-state index contributed by atoms with van der Waals surface area (Å²) in [4.78, 5) is 8.58. The molecule has 8 N–H and O–H groups in total. The summed E-state index contributed by atoms with van der Waals surface area (Å²) >= 11 is 0. The van der Waals surface area contributed by atoms with Crippen molar-refractivity contribution in [2.24, 2.45) is 30.7 Å². The Hall–Kier alpha value is -6.76. The van der Waals surface area contributed by atoms with Crippen molar-refractivity contribution >= 4 is 97.7 Å². The minimum Gasteiger partial charge on any atom is -0.505 e. The zero-order chi connectivity index (χ0) is 40.7. The Morgan fingerprint density at radius 2 is 1.09 bits per heavy atom. The molecule has 0 aliphatic carbocycles. The summed E-state index contributed by atoms with van der Waals surface area (Å²) in [5.74, 6) is -3.35. The van der Waals surface area contributed by atoms with Crippen LogP contribution in [0.15, 0.2) is 136 Å². The fourth-order valence-corrected chi connectivity index (χ4v) is 7.35. The fraction of sp³-hybridized carbons (Fsp3) is 0. The number of carboxylic acids is 1. The number of carbonyl (C=O) groups is 1. The van der Waals surface area contributed by atoms with Gasteiger partial charge in [-0.05, 0) is 60.0 Å². The molecule has 23 heteroatoms. The molecule has 6 aromatic carbocycles. The van der Waals surface area contributed by atoms with Crippen molar-refractivity contribution in [1.82, 2.24) is 0 Å². The fourth-order valence-electron chi connectivity index (χ4n) is 5.34. The lowest BCUT2D eigenvalue weighted by Crippen LogP contribution is -2.04. The van der Waals surface area contributed by atoms with Crippen LogP contribution in [0.1, 0.15) is 10.4 Å². The van der Waals surface area contributed by atoms with E-state index in [-0.39, 0.29) is 33.4 Å². The first-order chi connectivity index (χ1) is 26.3. The summed E-state index contributed by atoms with van der Waals surface area (Å²) in [5.41, 5.74) is 3.05. The highest BCUT2D eigenvalue weighted by Gasteiger charge is 2.29. The zero-order valence-electron chi connectivity index (χ0n) is 27.7. The molecule has 0 atom stereocenters. The van der Waals surface area contributed by atoms with Gasteiger partial charge < -0.3 is 21.1 Å². The summed E-state index contributed by atoms with van der Waals surface area (Å²) in [6.45, 7) is 0. The molecule has 20 nitrogen and oxygen atoms in total. The van der Waals surface area contributed by atoms with Gasteiger partial charge in [0.15, 0.2) is 11.5 Å². The van der Waals surface area contributed by atoms with Crippen molar-refractivity contribution in [3.63, 3.8) is 0 Å². The average Bonchev–Trinajstić information content (AvgIpc) is 3.12. The number of azo groups is 3. The topological polar surface area (TPSA) is 341 Å². The molecule has 286 valence electrons. The van der Waals surface area contributed by atoms with Crippen LogP contribution in [0, 0.1) is 0 Å². The molecule has 0 saturated heterocycles. The second kappa shape index (κ2) is 14.5. The van der Waals surface area contributed by atoms with Crippen molar-refractivity contribution in [1.29, 1.82) is 0 Å². The van der Waals surface area contributed by atoms with E-state index in [9.17, 15) is 59.0 Å². The van der Waals surface area contributed by atoms with E-state index in [1.807, 2.05) is 0 Å². The predicted molar refractivity (Wildman–Crippen MR) is 197 cm³/mol. The molecule has 0 radical (unpaired) electrons. The lowest BCUT2D eigenvalue weighted by Gasteiger charge is -2.14. The highest BCUT2D eigenvalue weighted by Crippen LogP contribution is 2.49. The van der Waals surface area contributed by atoms with Crippen LogP contribution in [0.25, 0.3) is 21.5 Å². The van der Waals surface area contributed by atoms with Crippen molar-refractivity contribution < 1.29 is 59.0 Å². The van der Waals surface area contributed by atoms with E-state index < -0.39 is 96.0 Å². The number of phenolic OH excluding ortho intramolecular Hbond substituents is 2. The molecule has 0 unspecified atom stereocenters. The minimum absolute atomic E-state index is 0.0399. The van der Waals surface area contributed by atoms with Crippen molar-refractivity contribution in [2.45, 2.75) is 14.7 Å². The van der Waals surface area contributed by atoms with Crippen LogP contribution in [0.5, 0.6) is 11.5 Å². The third kappa shape index (κ3) is 7.74. The molecule has 0 aromatic heterocycles. The number of hydrogen-bond acceptors (Lipinski definition) is 16. The molecule has 0 amide bonds. The molecule has 0 fully saturated rings. The Balaban J connectivity index is 1.54. The number of aromatic carboxylic acids is 1. The monoisotopic (exact) mass is 821 g/mol. The smallest absolute Gasteiger partial charge is 0.337 e. The van der Waals surface area contributed by atoms with Crippen LogP contribution in [0.3, 0.4) is 0 Å². The van der Waals surface area contributed by atoms with Crippen molar-refractivity contribution in [3.05, 3.63) is 96.6 Å². The molecule has 0 spiro atoms. The third-order valence-corrected chi connectivity index (χ3v) is 10.5. The number of nitrogens with two attached hydrogens (primary N) is 1. The number of carboxylic acid groups (broad SMARTS) is 1. The number of anilines is 1. The first-order valence-electron chi connectivity index (χ1n) is 15.2. The Kier molecular flexibility index (Phi) is 10.1. The van der Waals surface area contributed by atoms with Gasteiger partial charge in [-0.1, -0.05) is 36.4 Å². The second-order valence-corrected chi connectivity index (χ2v) is 15.6. The van der Waals surface area contributed by atoms with Crippen molar-refractivity contribution in [3.8, 4) is 11.5 Å². The van der Waals surface area contributed by atoms with Crippen LogP contribution in [-0.2, 0) is 30.4 Å². The Labute approximate surface area is 314 Å². The highest BCUT2D eigenvalue weighted by atomic mass is 32.2. The standard InChI is InChI=1S/C33H23N7O13S3/c34-28-23(38-37-22-9-5-4-8-19(22)33(43)44)15-24(54(45,46)47)21-14-26(56(51,52)53)30(32(42)27(21)28)40-36-18-11-10-16-12-25(55(48,49)50)29(31(41)20(16)13-18)39-35-17-6-2-1-3-7-17/h1-15,41-42H,34H2,(H,43,44)(H,45,46,47)(H,48,49,50)(H,51,52,53). The van der Waals surface area contributed by atoms with Crippen LogP contribution < -0.4 is 5.73 Å². The molecule has 6 aromatic rings. The second-order valence-electron chi connectivity index (χ2n) is 11.5. The highest BCUT2D eigenvalue weighted by molar-refractivity contribution is 7.86. The largest absolute Gasteiger partial charge is 0.505 e. The summed E-state index contributed by atoms with van der Waals surface area (Å²) in [6, 6.07) is 19.0. The van der Waals surface area contributed by atoms with E-state index in [4.69, 9.17) is 5.73 Å². The molecule has 6 rings (SSSR count). The van der Waals surface area contributed by atoms with Crippen LogP contribution in [-0.4, -0.2) is 60.2 Å². The predicted octanol–water partition coefficient (Wildman–Crippen LogP) is 7.67. The molecule has 0 heterocycles. The van der Waals surface area contributed by atoms with E-state index in [2.05, 4.69) is 30.7 Å². The Morgan fingerprint density at radius 1 is 0.536 bits per heavy atom. The van der Waals surface area contributed by atoms with E-state index >= 15 is 0 Å². The van der Waals surface area contributed by atoms with E-state index in [1.54, 1.807) is 18.2 Å². The summed E-state index contributed by atoms with van der Waals surface area (Å²) in [6.07, 6.45) is 0. The van der Waals surface area contributed by atoms with Gasteiger partial charge in [-0.25, -0.2) is 4.79 Å². The maximum Gasteiger partial charge on any atom is 0.337 e. The number of nitrogen functional groups attached to an aromatic ring is 1. The lowest BCUT2D eigenvalue weighted by atomic mass is 10.0. The molecule has 56 heavy (non-hydrogen) atoms. The van der Waals surface area contributed by atoms with Gasteiger partial charge in [-0.3, -0.25) is 13.7 Å². The Morgan fingerprint density at radius 3 is 1.71 bits per heavy atom. The molecule has 0 saturated carbocycles. The number of fused-ring (bicyclic) bond motifs is 2. The van der Waals surface area contributed by atoms with Gasteiger partial charge >= 0.3 is 5.97 Å². The number of hydrogen-bond donors (Lipinski definition) is 7. The number of benzene rings is 6. The number of nitrogens with zero attached hydrogens (tertiary/aromatic N) is 6. The van der Waals surface area contributed by atoms with Crippen LogP contribution in [0.2, 0.25) is 0 Å². The van der Waals surface area contributed by atoms with Gasteiger partial charge in [0.1, 0.15) is 37.4 Å². The van der Waals surface area contributed by atoms with Gasteiger partial charge in [0.2, 0.25) is 0 Å². The Bertz CT molecular complexity index is 3070. The van der Waals surface area contributed by atoms with Gasteiger partial charge in [0.25, 0.3) is 30.4 Å². The zero-order valence-corrected chi connectivity index (χ0v) is 30.1. The van der Waals surface area contributed by atoms with E-state index in [0.717, 1.165) is 12.1 Å². The molecule has 0 aliphatic heterocycles. The first-order valence-corrected chi connectivity index (χ1v) is 19.5. The number of aromatic hydroxyl groups is 2. The first kappa shape index (κ1) is 38.9. The normalized spacial score (nSPS) is 12.8. The minimum atomic E-state index is -5.36.